The Labute approximate surface area is 197 Å². The predicted octanol–water partition coefficient (Wildman–Crippen LogP) is 6.04. The monoisotopic (exact) mass is 446 g/mol. The van der Waals surface area contributed by atoms with E-state index < -0.39 is 0 Å². The van der Waals surface area contributed by atoms with Crippen molar-refractivity contribution in [3.8, 4) is 5.69 Å². The molecule has 0 amide bonds. The topological polar surface area (TPSA) is 33.1 Å². The minimum atomic E-state index is 0.0246. The van der Waals surface area contributed by atoms with Crippen molar-refractivity contribution in [2.75, 3.05) is 6.54 Å². The predicted molar refractivity (Wildman–Crippen MR) is 136 cm³/mol. The van der Waals surface area contributed by atoms with Crippen molar-refractivity contribution >= 4 is 17.3 Å². The summed E-state index contributed by atoms with van der Waals surface area (Å²) in [7, 11) is 0. The first kappa shape index (κ1) is 22.5. The molecular formula is C27H34N4S. The van der Waals surface area contributed by atoms with E-state index in [1.165, 1.54) is 39.3 Å². The van der Waals surface area contributed by atoms with E-state index in [1.807, 2.05) is 12.3 Å². The van der Waals surface area contributed by atoms with Gasteiger partial charge in [-0.1, -0.05) is 37.6 Å². The molecule has 1 fully saturated rings. The zero-order chi connectivity index (χ0) is 23.2. The van der Waals surface area contributed by atoms with Gasteiger partial charge in [0.25, 0.3) is 0 Å². The molecule has 1 aliphatic rings. The molecule has 0 unspecified atom stereocenters. The lowest BCUT2D eigenvalue weighted by atomic mass is 9.96. The Hall–Kier alpha value is -2.66. The Kier molecular flexibility index (Phi) is 6.13. The van der Waals surface area contributed by atoms with Crippen LogP contribution in [0.5, 0.6) is 0 Å². The maximum atomic E-state index is 5.83. The van der Waals surface area contributed by atoms with Gasteiger partial charge in [-0.3, -0.25) is 4.98 Å². The van der Waals surface area contributed by atoms with Gasteiger partial charge in [-0.2, -0.15) is 0 Å². The van der Waals surface area contributed by atoms with E-state index >= 15 is 0 Å². The summed E-state index contributed by atoms with van der Waals surface area (Å²) in [5.41, 5.74) is 10.0. The molecule has 1 aromatic carbocycles. The molecular weight excluding hydrogens is 412 g/mol. The first-order valence-electron chi connectivity index (χ1n) is 11.4. The molecule has 3 heterocycles. The Morgan fingerprint density at radius 2 is 1.72 bits per heavy atom. The van der Waals surface area contributed by atoms with Crippen LogP contribution in [0.1, 0.15) is 65.3 Å². The zero-order valence-corrected chi connectivity index (χ0v) is 21.0. The molecule has 0 saturated carbocycles. The Balaban J connectivity index is 1.88. The Morgan fingerprint density at radius 3 is 2.31 bits per heavy atom. The molecule has 5 heteroatoms. The molecule has 0 spiro atoms. The van der Waals surface area contributed by atoms with Crippen molar-refractivity contribution in [1.29, 1.82) is 0 Å². The summed E-state index contributed by atoms with van der Waals surface area (Å²) in [6.45, 7) is 16.4. The van der Waals surface area contributed by atoms with Crippen molar-refractivity contribution in [2.24, 2.45) is 5.92 Å². The number of nitrogens with one attached hydrogen (secondary N) is 1. The quantitative estimate of drug-likeness (QED) is 0.484. The minimum Gasteiger partial charge on any atom is -0.352 e. The van der Waals surface area contributed by atoms with Gasteiger partial charge in [-0.15, -0.1) is 0 Å². The number of rotatable bonds is 5. The highest BCUT2D eigenvalue weighted by molar-refractivity contribution is 7.80. The number of hydrogen-bond acceptors (Lipinski definition) is 2. The fraction of sp³-hybridized carbons (Fsp3) is 0.407. The van der Waals surface area contributed by atoms with Crippen LogP contribution in [0.2, 0.25) is 0 Å². The normalized spacial score (nSPS) is 18.5. The molecule has 168 valence electrons. The second kappa shape index (κ2) is 8.70. The SMILES string of the molecule is Cc1cc(C)c(-n2c(C)cc([C@@H]3[C@H](c4ccccn4)NC(=S)N3CC(C)C)c2C)c(C)c1. The van der Waals surface area contributed by atoms with Crippen LogP contribution in [-0.4, -0.2) is 26.1 Å². The van der Waals surface area contributed by atoms with Gasteiger partial charge in [0, 0.05) is 24.1 Å². The lowest BCUT2D eigenvalue weighted by Crippen LogP contribution is -2.33. The highest BCUT2D eigenvalue weighted by atomic mass is 32.1. The molecule has 2 aromatic heterocycles. The van der Waals surface area contributed by atoms with Crippen LogP contribution in [0.3, 0.4) is 0 Å². The van der Waals surface area contributed by atoms with Crippen LogP contribution in [0.4, 0.5) is 0 Å². The molecule has 32 heavy (non-hydrogen) atoms. The van der Waals surface area contributed by atoms with E-state index in [-0.39, 0.29) is 12.1 Å². The number of benzene rings is 1. The van der Waals surface area contributed by atoms with Crippen molar-refractivity contribution in [3.63, 3.8) is 0 Å². The van der Waals surface area contributed by atoms with Crippen molar-refractivity contribution < 1.29 is 0 Å². The summed E-state index contributed by atoms with van der Waals surface area (Å²) >= 11 is 5.83. The lowest BCUT2D eigenvalue weighted by Gasteiger charge is -2.29. The van der Waals surface area contributed by atoms with Gasteiger partial charge in [0.1, 0.15) is 0 Å². The Morgan fingerprint density at radius 1 is 1.03 bits per heavy atom. The molecule has 0 aliphatic carbocycles. The van der Waals surface area contributed by atoms with E-state index in [2.05, 4.69) is 98.6 Å². The van der Waals surface area contributed by atoms with Gasteiger partial charge in [0.15, 0.2) is 5.11 Å². The highest BCUT2D eigenvalue weighted by Gasteiger charge is 2.41. The van der Waals surface area contributed by atoms with Gasteiger partial charge in [0.2, 0.25) is 0 Å². The number of aromatic nitrogens is 2. The standard InChI is InChI=1S/C27H34N4S/c1-16(2)15-30-26(24(29-27(30)32)23-10-8-9-11-28-23)22-14-20(6)31(21(22)7)25-18(4)12-17(3)13-19(25)5/h8-14,16,24,26H,15H2,1-7H3,(H,29,32)/t24-,26+/m0/s1. The van der Waals surface area contributed by atoms with Crippen molar-refractivity contribution in [1.82, 2.24) is 19.8 Å². The van der Waals surface area contributed by atoms with E-state index in [9.17, 15) is 0 Å². The third kappa shape index (κ3) is 3.95. The summed E-state index contributed by atoms with van der Waals surface area (Å²) in [6.07, 6.45) is 1.87. The maximum absolute atomic E-state index is 5.83. The zero-order valence-electron chi connectivity index (χ0n) is 20.2. The number of thiocarbonyl (C=S) groups is 1. The molecule has 1 aliphatic heterocycles. The molecule has 2 atom stereocenters. The van der Waals surface area contributed by atoms with Gasteiger partial charge in [0.05, 0.1) is 23.5 Å². The highest BCUT2D eigenvalue weighted by Crippen LogP contribution is 2.42. The second-order valence-corrected chi connectivity index (χ2v) is 9.97. The summed E-state index contributed by atoms with van der Waals surface area (Å²) in [5.74, 6) is 0.504. The van der Waals surface area contributed by atoms with Crippen LogP contribution in [0.25, 0.3) is 5.69 Å². The fourth-order valence-corrected chi connectivity index (χ4v) is 5.61. The van der Waals surface area contributed by atoms with Gasteiger partial charge < -0.3 is 14.8 Å². The number of nitrogens with zero attached hydrogens (tertiary/aromatic N) is 3. The summed E-state index contributed by atoms with van der Waals surface area (Å²) in [4.78, 5) is 7.05. The van der Waals surface area contributed by atoms with Crippen molar-refractivity contribution in [3.05, 3.63) is 81.9 Å². The van der Waals surface area contributed by atoms with Crippen LogP contribution < -0.4 is 5.32 Å². The van der Waals surface area contributed by atoms with Crippen LogP contribution in [0, 0.1) is 40.5 Å². The van der Waals surface area contributed by atoms with Crippen molar-refractivity contribution in [2.45, 2.75) is 60.5 Å². The molecule has 1 saturated heterocycles. The number of aryl methyl sites for hydroxylation is 4. The van der Waals surface area contributed by atoms with Gasteiger partial charge >= 0.3 is 0 Å². The number of pyridine rings is 1. The van der Waals surface area contributed by atoms with Gasteiger partial charge in [-0.05, 0) is 87.6 Å². The first-order valence-corrected chi connectivity index (χ1v) is 11.8. The largest absolute Gasteiger partial charge is 0.352 e. The molecule has 0 bridgehead atoms. The van der Waals surface area contributed by atoms with Crippen LogP contribution >= 0.6 is 12.2 Å². The molecule has 4 rings (SSSR count). The van der Waals surface area contributed by atoms with Crippen LogP contribution in [-0.2, 0) is 0 Å². The summed E-state index contributed by atoms with van der Waals surface area (Å²) in [5, 5.41) is 4.40. The second-order valence-electron chi connectivity index (χ2n) is 9.58. The third-order valence-corrected chi connectivity index (χ3v) is 6.76. The lowest BCUT2D eigenvalue weighted by molar-refractivity contribution is 0.287. The smallest absolute Gasteiger partial charge is 0.170 e. The van der Waals surface area contributed by atoms with E-state index in [1.54, 1.807) is 0 Å². The third-order valence-electron chi connectivity index (χ3n) is 6.41. The van der Waals surface area contributed by atoms with Gasteiger partial charge in [-0.25, -0.2) is 0 Å². The fourth-order valence-electron chi connectivity index (χ4n) is 5.29. The molecule has 0 radical (unpaired) electrons. The van der Waals surface area contributed by atoms with E-state index in [0.717, 1.165) is 17.4 Å². The molecule has 3 aromatic rings. The Bertz CT molecular complexity index is 1120. The van der Waals surface area contributed by atoms with E-state index in [4.69, 9.17) is 12.2 Å². The molecule has 4 nitrogen and oxygen atoms in total. The first-order chi connectivity index (χ1) is 15.2. The summed E-state index contributed by atoms with van der Waals surface area (Å²) in [6, 6.07) is 13.1. The average Bonchev–Trinajstić information content (AvgIpc) is 3.18. The molecule has 1 N–H and O–H groups in total. The van der Waals surface area contributed by atoms with E-state index in [0.29, 0.717) is 5.92 Å². The minimum absolute atomic E-state index is 0.0246. The maximum Gasteiger partial charge on any atom is 0.170 e. The van der Waals surface area contributed by atoms with Crippen LogP contribution in [0.15, 0.2) is 42.6 Å². The summed E-state index contributed by atoms with van der Waals surface area (Å²) < 4.78 is 2.42. The number of hydrogen-bond donors (Lipinski definition) is 1. The average molecular weight is 447 g/mol.